The van der Waals surface area contributed by atoms with Crippen molar-refractivity contribution in [2.45, 2.75) is 231 Å². The van der Waals surface area contributed by atoms with Crippen LogP contribution in [-0.2, 0) is 20.8 Å². The fourth-order valence-corrected chi connectivity index (χ4v) is 12.8. The summed E-state index contributed by atoms with van der Waals surface area (Å²) in [5.41, 5.74) is -5.89. The molecule has 8 amide bonds. The standard InChI is InChI=1S/C48H88N12O8/c1-41(2)25-33(26-42(3,4)57(41)65)49-37(61)53-17-19-54(38(62)50-34-27-43(5,6)58(66)44(7,8)28-34)21-23-56(40(64)52-36-31-47(13,14)60(68)48(15,16)32-36)24-22-55(20-18-53)39(63)51-35-29-45(9,10)59(67)46(11,12)30-35/h33-36H,17-32H2,1-16H3,(H,49,61)(H,50,62)(H,51,63)(H,52,64). The first-order valence-corrected chi connectivity index (χ1v) is 25.0. The first-order chi connectivity index (χ1) is 30.9. The molecule has 4 N–H and O–H groups in total. The Bertz CT molecular complexity index is 1480. The minimum atomic E-state index is -0.736. The first-order valence-electron chi connectivity index (χ1n) is 25.0. The fraction of sp³-hybridized carbons (Fsp3) is 0.917. The van der Waals surface area contributed by atoms with E-state index in [1.165, 1.54) is 0 Å². The molecular weight excluding hydrogens is 873 g/mol. The van der Waals surface area contributed by atoms with Crippen LogP contribution >= 0.6 is 0 Å². The molecule has 0 spiro atoms. The second kappa shape index (κ2) is 19.8. The maximum Gasteiger partial charge on any atom is 0.317 e. The summed E-state index contributed by atoms with van der Waals surface area (Å²) in [4.78, 5) is 64.5. The van der Waals surface area contributed by atoms with Crippen LogP contribution in [0.3, 0.4) is 0 Å². The zero-order chi connectivity index (χ0) is 51.4. The molecule has 0 atom stereocenters. The normalized spacial score (nSPS) is 27.9. The third-order valence-electron chi connectivity index (χ3n) is 15.4. The molecule has 5 fully saturated rings. The summed E-state index contributed by atoms with van der Waals surface area (Å²) in [5, 5.41) is 70.2. The molecule has 0 aromatic carbocycles. The van der Waals surface area contributed by atoms with Gasteiger partial charge >= 0.3 is 24.1 Å². The largest absolute Gasteiger partial charge is 0.335 e. The summed E-state index contributed by atoms with van der Waals surface area (Å²) < 4.78 is 0. The van der Waals surface area contributed by atoms with Crippen LogP contribution in [-0.4, -0.2) is 185 Å². The Morgan fingerprint density at radius 2 is 0.397 bits per heavy atom. The summed E-state index contributed by atoms with van der Waals surface area (Å²) in [6.07, 6.45) is 3.41. The number of urea groups is 4. The summed E-state index contributed by atoms with van der Waals surface area (Å²) >= 11 is 0. The molecule has 5 heterocycles. The maximum atomic E-state index is 14.5. The molecule has 68 heavy (non-hydrogen) atoms. The van der Waals surface area contributed by atoms with E-state index in [9.17, 15) is 40.0 Å². The van der Waals surface area contributed by atoms with Gasteiger partial charge in [-0.15, -0.1) is 41.1 Å². The van der Waals surface area contributed by atoms with E-state index in [0.717, 1.165) is 20.3 Å². The van der Waals surface area contributed by atoms with Crippen molar-refractivity contribution in [3.05, 3.63) is 0 Å². The van der Waals surface area contributed by atoms with Crippen LogP contribution in [0.2, 0.25) is 0 Å². The predicted octanol–water partition coefficient (Wildman–Crippen LogP) is 5.51. The average molecular weight is 961 g/mol. The molecule has 5 saturated heterocycles. The summed E-state index contributed by atoms with van der Waals surface area (Å²) in [5.74, 6) is 0. The molecule has 20 nitrogen and oxygen atoms in total. The maximum absolute atomic E-state index is 14.5. The van der Waals surface area contributed by atoms with Crippen molar-refractivity contribution in [2.24, 2.45) is 0 Å². The van der Waals surface area contributed by atoms with Crippen LogP contribution in [0, 0.1) is 0 Å². The van der Waals surface area contributed by atoms with Gasteiger partial charge in [0.1, 0.15) is 0 Å². The van der Waals surface area contributed by atoms with E-state index in [1.807, 2.05) is 111 Å². The minimum absolute atomic E-state index is 0.0896. The van der Waals surface area contributed by atoms with Gasteiger partial charge in [0.25, 0.3) is 0 Å². The third kappa shape index (κ3) is 12.8. The molecule has 0 aliphatic carbocycles. The first kappa shape index (κ1) is 55.7. The molecular formula is C48H88N12O8. The molecule has 0 aromatic heterocycles. The lowest BCUT2D eigenvalue weighted by Gasteiger charge is -2.50. The second-order valence-electron chi connectivity index (χ2n) is 25.8. The van der Waals surface area contributed by atoms with Crippen molar-refractivity contribution >= 4 is 24.1 Å². The minimum Gasteiger partial charge on any atom is -0.335 e. The molecule has 0 saturated carbocycles. The third-order valence-corrected chi connectivity index (χ3v) is 15.4. The van der Waals surface area contributed by atoms with E-state index in [0.29, 0.717) is 51.4 Å². The number of carbonyl (C=O) groups is 4. The van der Waals surface area contributed by atoms with Crippen LogP contribution in [0.25, 0.3) is 0 Å². The van der Waals surface area contributed by atoms with E-state index in [-0.39, 0.29) is 101 Å². The number of hydrogen-bond acceptors (Lipinski definition) is 8. The Morgan fingerprint density at radius 3 is 0.515 bits per heavy atom. The highest BCUT2D eigenvalue weighted by molar-refractivity contribution is 5.78. The molecule has 388 valence electrons. The number of rotatable bonds is 4. The summed E-state index contributed by atoms with van der Waals surface area (Å²) in [7, 11) is 0. The lowest BCUT2D eigenvalue weighted by molar-refractivity contribution is -0.289. The highest BCUT2D eigenvalue weighted by atomic mass is 16.5. The number of carbonyl (C=O) groups excluding carboxylic acids is 4. The molecule has 0 unspecified atom stereocenters. The van der Waals surface area contributed by atoms with Crippen molar-refractivity contribution in [3.8, 4) is 0 Å². The van der Waals surface area contributed by atoms with Crippen molar-refractivity contribution in [3.63, 3.8) is 0 Å². The van der Waals surface area contributed by atoms with Gasteiger partial charge in [0, 0.05) is 121 Å². The van der Waals surface area contributed by atoms with Crippen LogP contribution < -0.4 is 21.3 Å². The topological polar surface area (TPSA) is 222 Å². The Labute approximate surface area is 407 Å². The Balaban J connectivity index is 1.45. The molecule has 4 radical (unpaired) electrons. The van der Waals surface area contributed by atoms with Crippen molar-refractivity contribution in [2.75, 3.05) is 52.4 Å². The van der Waals surface area contributed by atoms with E-state index >= 15 is 0 Å². The number of nitrogens with zero attached hydrogens (tertiary/aromatic N) is 8. The van der Waals surface area contributed by atoms with Gasteiger partial charge in [0.2, 0.25) is 0 Å². The van der Waals surface area contributed by atoms with Crippen molar-refractivity contribution in [1.82, 2.24) is 61.1 Å². The summed E-state index contributed by atoms with van der Waals surface area (Å²) in [6, 6.07) is -2.81. The fourth-order valence-electron chi connectivity index (χ4n) is 12.8. The van der Waals surface area contributed by atoms with E-state index in [2.05, 4.69) is 21.3 Å². The molecule has 5 aliphatic heterocycles. The van der Waals surface area contributed by atoms with Crippen LogP contribution in [0.4, 0.5) is 19.2 Å². The van der Waals surface area contributed by atoms with Crippen LogP contribution in [0.5, 0.6) is 0 Å². The van der Waals surface area contributed by atoms with Gasteiger partial charge in [0.15, 0.2) is 0 Å². The number of nitrogens with one attached hydrogen (secondary N) is 4. The van der Waals surface area contributed by atoms with E-state index < -0.39 is 44.3 Å². The van der Waals surface area contributed by atoms with Gasteiger partial charge in [-0.3, -0.25) is 0 Å². The lowest BCUT2D eigenvalue weighted by Crippen LogP contribution is -2.64. The van der Waals surface area contributed by atoms with E-state index in [1.54, 1.807) is 19.6 Å². The van der Waals surface area contributed by atoms with Gasteiger partial charge < -0.3 is 40.9 Å². The Kier molecular flexibility index (Phi) is 16.2. The SMILES string of the molecule is CC1(C)CC(NC(=O)N2CCN(C(=O)NC3CC(C)(C)N([O])C(C)(C)C3)CCN(C(=O)NC3CC(C)(C)N([O])C(C)(C)C3)CCN(C(=O)NC3CC(C)(C)N([O])C(C)(C)C3)CC2)CC(C)(C)N1[O]. The van der Waals surface area contributed by atoms with Gasteiger partial charge in [-0.25, -0.2) is 19.2 Å². The predicted molar refractivity (Wildman–Crippen MR) is 255 cm³/mol. The number of hydroxylamine groups is 8. The van der Waals surface area contributed by atoms with Crippen molar-refractivity contribution in [1.29, 1.82) is 0 Å². The highest BCUT2D eigenvalue weighted by Crippen LogP contribution is 2.40. The molecule has 5 rings (SSSR count). The zero-order valence-corrected chi connectivity index (χ0v) is 44.5. The quantitative estimate of drug-likeness (QED) is 0.281. The monoisotopic (exact) mass is 961 g/mol. The van der Waals surface area contributed by atoms with Gasteiger partial charge in [-0.2, -0.15) is 0 Å². The average Bonchev–Trinajstić information content (AvgIpc) is 3.16. The van der Waals surface area contributed by atoms with Crippen LogP contribution in [0.15, 0.2) is 0 Å². The molecule has 20 heteroatoms. The van der Waals surface area contributed by atoms with Crippen LogP contribution in [0.1, 0.15) is 162 Å². The smallest absolute Gasteiger partial charge is 0.317 e. The lowest BCUT2D eigenvalue weighted by atomic mass is 9.79. The Morgan fingerprint density at radius 1 is 0.279 bits per heavy atom. The number of amides is 8. The van der Waals surface area contributed by atoms with Gasteiger partial charge in [0.05, 0.1) is 0 Å². The number of hydrogen-bond donors (Lipinski definition) is 4. The summed E-state index contributed by atoms with van der Waals surface area (Å²) in [6.45, 7) is 30.7. The zero-order valence-electron chi connectivity index (χ0n) is 44.5. The Hall–Kier alpha value is -3.24. The molecule has 5 aliphatic rings. The van der Waals surface area contributed by atoms with E-state index in [4.69, 9.17) is 0 Å². The molecule has 0 bridgehead atoms. The number of piperidine rings is 4. The van der Waals surface area contributed by atoms with Gasteiger partial charge in [-0.05, 0) is 162 Å². The van der Waals surface area contributed by atoms with Crippen molar-refractivity contribution < 1.29 is 40.0 Å². The van der Waals surface area contributed by atoms with Gasteiger partial charge in [-0.1, -0.05) is 0 Å². The second-order valence-corrected chi connectivity index (χ2v) is 25.8. The molecule has 0 aromatic rings. The highest BCUT2D eigenvalue weighted by Gasteiger charge is 2.50.